The van der Waals surface area contributed by atoms with Crippen LogP contribution in [0.2, 0.25) is 0 Å². The van der Waals surface area contributed by atoms with E-state index >= 15 is 0 Å². The quantitative estimate of drug-likeness (QED) is 0.786. The highest BCUT2D eigenvalue weighted by Crippen LogP contribution is 2.35. The number of nitrogens with one attached hydrogen (secondary N) is 1. The first-order valence-corrected chi connectivity index (χ1v) is 8.53. The summed E-state index contributed by atoms with van der Waals surface area (Å²) in [6, 6.07) is 5.94. The van der Waals surface area contributed by atoms with Gasteiger partial charge in [-0.05, 0) is 30.2 Å². The predicted molar refractivity (Wildman–Crippen MR) is 86.3 cm³/mol. The minimum atomic E-state index is 0.116. The van der Waals surface area contributed by atoms with Crippen LogP contribution >= 0.6 is 11.8 Å². The number of rotatable bonds is 7. The fourth-order valence-electron chi connectivity index (χ4n) is 2.37. The second-order valence-corrected chi connectivity index (χ2v) is 6.29. The molecule has 21 heavy (non-hydrogen) atoms. The first kappa shape index (κ1) is 16.0. The monoisotopic (exact) mass is 309 g/mol. The first-order chi connectivity index (χ1) is 10.2. The van der Waals surface area contributed by atoms with Crippen molar-refractivity contribution in [3.63, 3.8) is 0 Å². The molecule has 116 valence electrons. The molecule has 4 nitrogen and oxygen atoms in total. The van der Waals surface area contributed by atoms with Gasteiger partial charge in [0.25, 0.3) is 0 Å². The maximum atomic E-state index is 11.7. The van der Waals surface area contributed by atoms with Crippen LogP contribution in [0.25, 0.3) is 0 Å². The Morgan fingerprint density at radius 2 is 2.38 bits per heavy atom. The van der Waals surface area contributed by atoms with E-state index in [1.165, 1.54) is 0 Å². The van der Waals surface area contributed by atoms with Crippen LogP contribution < -0.4 is 14.8 Å². The third-order valence-corrected chi connectivity index (χ3v) is 4.59. The van der Waals surface area contributed by atoms with Crippen molar-refractivity contribution in [2.75, 3.05) is 31.8 Å². The summed E-state index contributed by atoms with van der Waals surface area (Å²) in [6.45, 7) is 3.41. The van der Waals surface area contributed by atoms with Crippen molar-refractivity contribution in [2.45, 2.75) is 19.8 Å². The summed E-state index contributed by atoms with van der Waals surface area (Å²) in [5.41, 5.74) is 1.15. The molecular formula is C16H23NO3S. The summed E-state index contributed by atoms with van der Waals surface area (Å²) in [5, 5.41) is 3.00. The molecule has 1 atom stereocenters. The van der Waals surface area contributed by atoms with E-state index < -0.39 is 0 Å². The fourth-order valence-corrected chi connectivity index (χ4v) is 3.09. The normalized spacial score (nSPS) is 16.8. The van der Waals surface area contributed by atoms with E-state index in [-0.39, 0.29) is 5.91 Å². The Kier molecular flexibility index (Phi) is 6.23. The van der Waals surface area contributed by atoms with E-state index in [9.17, 15) is 4.79 Å². The van der Waals surface area contributed by atoms with Gasteiger partial charge in [0.15, 0.2) is 11.5 Å². The number of amides is 1. The molecule has 5 heteroatoms. The van der Waals surface area contributed by atoms with E-state index in [0.717, 1.165) is 35.7 Å². The summed E-state index contributed by atoms with van der Waals surface area (Å²) >= 11 is 1.68. The average Bonchev–Trinajstić information content (AvgIpc) is 2.52. The third-order valence-electron chi connectivity index (χ3n) is 3.42. The molecule has 1 aromatic carbocycles. The standard InChI is InChI=1S/C16H23NO3S/c1-3-7-21-11-15(18)17-9-12-8-13-5-4-6-14(19-2)16(13)20-10-12/h4-6,12H,3,7-11H2,1-2H3,(H,17,18)/t12-/m0/s1. The zero-order valence-corrected chi connectivity index (χ0v) is 13.5. The fraction of sp³-hybridized carbons (Fsp3) is 0.562. The molecule has 2 rings (SSSR count). The molecule has 0 saturated carbocycles. The number of carbonyl (C=O) groups is 1. The highest BCUT2D eigenvalue weighted by Gasteiger charge is 2.22. The number of thioether (sulfide) groups is 1. The molecule has 1 N–H and O–H groups in total. The van der Waals surface area contributed by atoms with Crippen molar-refractivity contribution >= 4 is 17.7 Å². The molecule has 0 radical (unpaired) electrons. The molecule has 1 amide bonds. The van der Waals surface area contributed by atoms with E-state index in [1.54, 1.807) is 18.9 Å². The molecular weight excluding hydrogens is 286 g/mol. The topological polar surface area (TPSA) is 47.6 Å². The number of para-hydroxylation sites is 1. The van der Waals surface area contributed by atoms with Gasteiger partial charge >= 0.3 is 0 Å². The number of fused-ring (bicyclic) bond motifs is 1. The van der Waals surface area contributed by atoms with E-state index in [2.05, 4.69) is 18.3 Å². The van der Waals surface area contributed by atoms with Gasteiger partial charge < -0.3 is 14.8 Å². The number of methoxy groups -OCH3 is 1. The van der Waals surface area contributed by atoms with E-state index in [0.29, 0.717) is 24.8 Å². The lowest BCUT2D eigenvalue weighted by atomic mass is 9.96. The molecule has 1 aromatic rings. The van der Waals surface area contributed by atoms with Crippen molar-refractivity contribution in [1.29, 1.82) is 0 Å². The zero-order chi connectivity index (χ0) is 15.1. The van der Waals surface area contributed by atoms with Crippen molar-refractivity contribution in [3.05, 3.63) is 23.8 Å². The summed E-state index contributed by atoms with van der Waals surface area (Å²) in [4.78, 5) is 11.7. The Bertz CT molecular complexity index is 479. The summed E-state index contributed by atoms with van der Waals surface area (Å²) in [6.07, 6.45) is 2.02. The van der Waals surface area contributed by atoms with Gasteiger partial charge in [0.1, 0.15) is 0 Å². The van der Waals surface area contributed by atoms with Crippen LogP contribution in [0.1, 0.15) is 18.9 Å². The molecule has 0 bridgehead atoms. The Morgan fingerprint density at radius 1 is 1.52 bits per heavy atom. The van der Waals surface area contributed by atoms with Crippen LogP contribution in [-0.4, -0.2) is 37.7 Å². The molecule has 1 heterocycles. The Morgan fingerprint density at radius 3 is 3.14 bits per heavy atom. The molecule has 1 aliphatic rings. The number of carbonyl (C=O) groups excluding carboxylic acids is 1. The van der Waals surface area contributed by atoms with Crippen molar-refractivity contribution < 1.29 is 14.3 Å². The van der Waals surface area contributed by atoms with Gasteiger partial charge in [0.05, 0.1) is 19.5 Å². The average molecular weight is 309 g/mol. The number of hydrogen-bond acceptors (Lipinski definition) is 4. The molecule has 1 aliphatic heterocycles. The van der Waals surface area contributed by atoms with Gasteiger partial charge in [-0.3, -0.25) is 4.79 Å². The van der Waals surface area contributed by atoms with Crippen molar-refractivity contribution in [2.24, 2.45) is 5.92 Å². The van der Waals surface area contributed by atoms with Gasteiger partial charge in [0.2, 0.25) is 5.91 Å². The lowest BCUT2D eigenvalue weighted by Gasteiger charge is -2.26. The van der Waals surface area contributed by atoms with Crippen LogP contribution in [0.4, 0.5) is 0 Å². The van der Waals surface area contributed by atoms with Crippen molar-refractivity contribution in [1.82, 2.24) is 5.32 Å². The number of benzene rings is 1. The molecule has 0 saturated heterocycles. The minimum Gasteiger partial charge on any atom is -0.493 e. The van der Waals surface area contributed by atoms with Crippen LogP contribution in [0.15, 0.2) is 18.2 Å². The van der Waals surface area contributed by atoms with Crippen LogP contribution in [-0.2, 0) is 11.2 Å². The van der Waals surface area contributed by atoms with Crippen molar-refractivity contribution in [3.8, 4) is 11.5 Å². The smallest absolute Gasteiger partial charge is 0.230 e. The minimum absolute atomic E-state index is 0.116. The zero-order valence-electron chi connectivity index (χ0n) is 12.7. The SMILES string of the molecule is CCCSCC(=O)NC[C@H]1COc2c(cccc2OC)C1. The Hall–Kier alpha value is -1.36. The summed E-state index contributed by atoms with van der Waals surface area (Å²) < 4.78 is 11.1. The highest BCUT2D eigenvalue weighted by molar-refractivity contribution is 7.99. The second kappa shape index (κ2) is 8.17. The second-order valence-electron chi connectivity index (χ2n) is 5.19. The van der Waals surface area contributed by atoms with E-state index in [4.69, 9.17) is 9.47 Å². The Labute approximate surface area is 130 Å². The Balaban J connectivity index is 1.81. The molecule has 0 aromatic heterocycles. The number of ether oxygens (including phenoxy) is 2. The number of hydrogen-bond donors (Lipinski definition) is 1. The predicted octanol–water partition coefficient (Wildman–Crippen LogP) is 2.51. The molecule has 0 aliphatic carbocycles. The van der Waals surface area contributed by atoms with Crippen LogP contribution in [0, 0.1) is 5.92 Å². The maximum Gasteiger partial charge on any atom is 0.230 e. The van der Waals surface area contributed by atoms with Gasteiger partial charge in [0, 0.05) is 12.5 Å². The molecule has 0 spiro atoms. The van der Waals surface area contributed by atoms with E-state index in [1.807, 2.05) is 12.1 Å². The van der Waals surface area contributed by atoms with Crippen LogP contribution in [0.5, 0.6) is 11.5 Å². The largest absolute Gasteiger partial charge is 0.493 e. The highest BCUT2D eigenvalue weighted by atomic mass is 32.2. The van der Waals surface area contributed by atoms with Crippen LogP contribution in [0.3, 0.4) is 0 Å². The molecule has 0 fully saturated rings. The first-order valence-electron chi connectivity index (χ1n) is 7.37. The third kappa shape index (κ3) is 4.56. The maximum absolute atomic E-state index is 11.7. The summed E-state index contributed by atoms with van der Waals surface area (Å²) in [5.74, 6) is 3.65. The van der Waals surface area contributed by atoms with Gasteiger partial charge in [-0.15, -0.1) is 0 Å². The van der Waals surface area contributed by atoms with Gasteiger partial charge in [-0.25, -0.2) is 0 Å². The summed E-state index contributed by atoms with van der Waals surface area (Å²) in [7, 11) is 1.65. The van der Waals surface area contributed by atoms with Gasteiger partial charge in [-0.2, -0.15) is 11.8 Å². The molecule has 0 unspecified atom stereocenters. The van der Waals surface area contributed by atoms with Gasteiger partial charge in [-0.1, -0.05) is 19.1 Å². The lowest BCUT2D eigenvalue weighted by Crippen LogP contribution is -2.35. The lowest BCUT2D eigenvalue weighted by molar-refractivity contribution is -0.118.